The molecule has 118 valence electrons. The van der Waals surface area contributed by atoms with Gasteiger partial charge >= 0.3 is 5.97 Å². The first-order valence-corrected chi connectivity index (χ1v) is 7.89. The van der Waals surface area contributed by atoms with Crippen molar-refractivity contribution in [2.45, 2.75) is 58.7 Å². The Hall–Kier alpha value is -0.650. The van der Waals surface area contributed by atoms with Crippen LogP contribution in [-0.4, -0.2) is 71.7 Å². The molecule has 0 bridgehead atoms. The number of nitrogens with one attached hydrogen (secondary N) is 1. The number of nitrogens with zero attached hydrogens (tertiary/aromatic N) is 2. The summed E-state index contributed by atoms with van der Waals surface area (Å²) in [6.45, 7) is 13.7. The van der Waals surface area contributed by atoms with E-state index in [9.17, 15) is 9.90 Å². The van der Waals surface area contributed by atoms with E-state index in [0.717, 1.165) is 32.7 Å². The SMILES string of the molecule is CCC(C)N1CCN(CCC(NC(C)C)C(=O)O)CC1. The molecule has 0 aromatic carbocycles. The van der Waals surface area contributed by atoms with E-state index in [1.54, 1.807) is 0 Å². The standard InChI is InChI=1S/C15H31N3O2/c1-5-13(4)18-10-8-17(9-11-18)7-6-14(15(19)20)16-12(2)3/h12-14,16H,5-11H2,1-4H3,(H,19,20). The first-order chi connectivity index (χ1) is 9.43. The molecular formula is C15H31N3O2. The minimum absolute atomic E-state index is 0.207. The van der Waals surface area contributed by atoms with Gasteiger partial charge in [0.2, 0.25) is 0 Å². The van der Waals surface area contributed by atoms with Crippen LogP contribution in [0.25, 0.3) is 0 Å². The lowest BCUT2D eigenvalue weighted by atomic mass is 10.1. The van der Waals surface area contributed by atoms with E-state index < -0.39 is 12.0 Å². The van der Waals surface area contributed by atoms with Gasteiger partial charge in [0.05, 0.1) is 0 Å². The summed E-state index contributed by atoms with van der Waals surface area (Å²) in [7, 11) is 0. The fraction of sp³-hybridized carbons (Fsp3) is 0.933. The van der Waals surface area contributed by atoms with E-state index in [2.05, 4.69) is 29.0 Å². The number of carboxylic acids is 1. The number of carbonyl (C=O) groups is 1. The maximum Gasteiger partial charge on any atom is 0.320 e. The smallest absolute Gasteiger partial charge is 0.320 e. The fourth-order valence-electron chi connectivity index (χ4n) is 2.68. The molecule has 0 spiro atoms. The highest BCUT2D eigenvalue weighted by molar-refractivity contribution is 5.73. The summed E-state index contributed by atoms with van der Waals surface area (Å²) in [5.74, 6) is -0.739. The quantitative estimate of drug-likeness (QED) is 0.703. The summed E-state index contributed by atoms with van der Waals surface area (Å²) in [5.41, 5.74) is 0. The molecule has 1 rings (SSSR count). The number of hydrogen-bond donors (Lipinski definition) is 2. The minimum Gasteiger partial charge on any atom is -0.480 e. The highest BCUT2D eigenvalue weighted by atomic mass is 16.4. The van der Waals surface area contributed by atoms with Crippen LogP contribution in [0.1, 0.15) is 40.5 Å². The second kappa shape index (κ2) is 8.60. The van der Waals surface area contributed by atoms with Crippen molar-refractivity contribution in [2.24, 2.45) is 0 Å². The van der Waals surface area contributed by atoms with Gasteiger partial charge in [0, 0.05) is 44.8 Å². The molecule has 20 heavy (non-hydrogen) atoms. The van der Waals surface area contributed by atoms with Crippen LogP contribution < -0.4 is 5.32 Å². The maximum atomic E-state index is 11.2. The van der Waals surface area contributed by atoms with Gasteiger partial charge in [0.1, 0.15) is 6.04 Å². The van der Waals surface area contributed by atoms with Crippen molar-refractivity contribution < 1.29 is 9.90 Å². The Bertz CT molecular complexity index is 289. The molecule has 0 aliphatic carbocycles. The fourth-order valence-corrected chi connectivity index (χ4v) is 2.68. The van der Waals surface area contributed by atoms with Gasteiger partial charge in [0.15, 0.2) is 0 Å². The summed E-state index contributed by atoms with van der Waals surface area (Å²) in [6, 6.07) is 0.437. The minimum atomic E-state index is -0.739. The number of piperazine rings is 1. The average molecular weight is 285 g/mol. The van der Waals surface area contributed by atoms with Gasteiger partial charge in [-0.15, -0.1) is 0 Å². The second-order valence-electron chi connectivity index (χ2n) is 6.14. The van der Waals surface area contributed by atoms with Crippen LogP contribution in [-0.2, 0) is 4.79 Å². The molecule has 2 N–H and O–H groups in total. The summed E-state index contributed by atoms with van der Waals surface area (Å²) in [6.07, 6.45) is 1.87. The Labute approximate surface area is 123 Å². The van der Waals surface area contributed by atoms with Gasteiger partial charge in [-0.25, -0.2) is 0 Å². The largest absolute Gasteiger partial charge is 0.480 e. The van der Waals surface area contributed by atoms with Crippen LogP contribution in [0.15, 0.2) is 0 Å². The number of rotatable bonds is 8. The van der Waals surface area contributed by atoms with Gasteiger partial charge in [-0.1, -0.05) is 20.8 Å². The van der Waals surface area contributed by atoms with E-state index in [1.165, 1.54) is 6.42 Å². The third-order valence-corrected chi connectivity index (χ3v) is 4.19. The zero-order chi connectivity index (χ0) is 15.1. The van der Waals surface area contributed by atoms with E-state index in [0.29, 0.717) is 12.5 Å². The molecule has 2 atom stereocenters. The van der Waals surface area contributed by atoms with Crippen LogP contribution in [0.3, 0.4) is 0 Å². The van der Waals surface area contributed by atoms with Gasteiger partial charge in [0.25, 0.3) is 0 Å². The molecule has 1 saturated heterocycles. The van der Waals surface area contributed by atoms with Crippen molar-refractivity contribution in [1.29, 1.82) is 0 Å². The van der Waals surface area contributed by atoms with E-state index in [4.69, 9.17) is 0 Å². The van der Waals surface area contributed by atoms with E-state index in [-0.39, 0.29) is 6.04 Å². The maximum absolute atomic E-state index is 11.2. The van der Waals surface area contributed by atoms with Crippen molar-refractivity contribution in [1.82, 2.24) is 15.1 Å². The highest BCUT2D eigenvalue weighted by Gasteiger charge is 2.23. The van der Waals surface area contributed by atoms with E-state index >= 15 is 0 Å². The second-order valence-corrected chi connectivity index (χ2v) is 6.14. The van der Waals surface area contributed by atoms with Gasteiger partial charge in [-0.3, -0.25) is 9.69 Å². The molecule has 2 unspecified atom stereocenters. The number of aliphatic carboxylic acids is 1. The topological polar surface area (TPSA) is 55.8 Å². The Morgan fingerprint density at radius 2 is 1.80 bits per heavy atom. The van der Waals surface area contributed by atoms with Gasteiger partial charge in [-0.05, 0) is 19.8 Å². The molecule has 0 saturated carbocycles. The third-order valence-electron chi connectivity index (χ3n) is 4.19. The molecule has 1 aliphatic rings. The Balaban J connectivity index is 2.30. The lowest BCUT2D eigenvalue weighted by Crippen LogP contribution is -2.51. The first-order valence-electron chi connectivity index (χ1n) is 7.89. The molecule has 0 radical (unpaired) electrons. The molecule has 0 amide bonds. The molecule has 0 aromatic rings. The zero-order valence-electron chi connectivity index (χ0n) is 13.4. The van der Waals surface area contributed by atoms with Crippen LogP contribution in [0.4, 0.5) is 0 Å². The lowest BCUT2D eigenvalue weighted by Gasteiger charge is -2.38. The van der Waals surface area contributed by atoms with E-state index in [1.807, 2.05) is 13.8 Å². The number of carboxylic acid groups (broad SMARTS) is 1. The third kappa shape index (κ3) is 5.77. The van der Waals surface area contributed by atoms with Crippen LogP contribution in [0, 0.1) is 0 Å². The summed E-state index contributed by atoms with van der Waals surface area (Å²) < 4.78 is 0. The first kappa shape index (κ1) is 17.4. The molecular weight excluding hydrogens is 254 g/mol. The normalized spacial score (nSPS) is 21.1. The zero-order valence-corrected chi connectivity index (χ0v) is 13.4. The van der Waals surface area contributed by atoms with Crippen molar-refractivity contribution >= 4 is 5.97 Å². The van der Waals surface area contributed by atoms with Crippen molar-refractivity contribution in [3.63, 3.8) is 0 Å². The Kier molecular flexibility index (Phi) is 7.48. The van der Waals surface area contributed by atoms with Crippen LogP contribution >= 0.6 is 0 Å². The van der Waals surface area contributed by atoms with Gasteiger partial charge in [-0.2, -0.15) is 0 Å². The molecule has 1 aliphatic heterocycles. The van der Waals surface area contributed by atoms with Crippen molar-refractivity contribution in [3.8, 4) is 0 Å². The predicted octanol–water partition coefficient (Wildman–Crippen LogP) is 1.24. The van der Waals surface area contributed by atoms with Gasteiger partial charge < -0.3 is 15.3 Å². The van der Waals surface area contributed by atoms with Crippen molar-refractivity contribution in [2.75, 3.05) is 32.7 Å². The summed E-state index contributed by atoms with van der Waals surface area (Å²) in [5, 5.41) is 12.3. The van der Waals surface area contributed by atoms with Crippen LogP contribution in [0.2, 0.25) is 0 Å². The molecule has 0 aromatic heterocycles. The predicted molar refractivity (Wildman–Crippen MR) is 82.1 cm³/mol. The Morgan fingerprint density at radius 3 is 2.25 bits per heavy atom. The molecule has 5 heteroatoms. The monoisotopic (exact) mass is 285 g/mol. The molecule has 1 heterocycles. The lowest BCUT2D eigenvalue weighted by molar-refractivity contribution is -0.140. The van der Waals surface area contributed by atoms with Crippen molar-refractivity contribution in [3.05, 3.63) is 0 Å². The average Bonchev–Trinajstić information content (AvgIpc) is 2.42. The molecule has 5 nitrogen and oxygen atoms in total. The summed E-state index contributed by atoms with van der Waals surface area (Å²) >= 11 is 0. The number of hydrogen-bond acceptors (Lipinski definition) is 4. The summed E-state index contributed by atoms with van der Waals surface area (Å²) in [4.78, 5) is 16.1. The molecule has 1 fully saturated rings. The Morgan fingerprint density at radius 1 is 1.20 bits per heavy atom. The van der Waals surface area contributed by atoms with Crippen LogP contribution in [0.5, 0.6) is 0 Å². The highest BCUT2D eigenvalue weighted by Crippen LogP contribution is 2.09.